The van der Waals surface area contributed by atoms with Crippen LogP contribution in [0.3, 0.4) is 0 Å². The predicted molar refractivity (Wildman–Crippen MR) is 127 cm³/mol. The minimum Gasteiger partial charge on any atom is -0.493 e. The Bertz CT molecular complexity index is 1310. The topological polar surface area (TPSA) is 35.0 Å². The second-order valence-corrected chi connectivity index (χ2v) is 7.35. The molecule has 0 amide bonds. The molecule has 0 aliphatic heterocycles. The summed E-state index contributed by atoms with van der Waals surface area (Å²) >= 11 is 0. The van der Waals surface area contributed by atoms with Gasteiger partial charge in [0, 0.05) is 23.5 Å². The van der Waals surface area contributed by atoms with Gasteiger partial charge in [0.2, 0.25) is 0 Å². The summed E-state index contributed by atoms with van der Waals surface area (Å²) in [5.74, 6) is 0.912. The van der Waals surface area contributed by atoms with Crippen LogP contribution in [0.2, 0.25) is 0 Å². The fourth-order valence-electron chi connectivity index (χ4n) is 3.79. The third-order valence-electron chi connectivity index (χ3n) is 5.37. The average Bonchev–Trinajstić information content (AvgIpc) is 2.85. The van der Waals surface area contributed by atoms with Crippen LogP contribution in [-0.4, -0.2) is 16.6 Å². The van der Waals surface area contributed by atoms with Gasteiger partial charge in [0.1, 0.15) is 5.75 Å². The second-order valence-electron chi connectivity index (χ2n) is 7.35. The van der Waals surface area contributed by atoms with Crippen LogP contribution in [-0.2, 0) is 0 Å². The van der Waals surface area contributed by atoms with E-state index < -0.39 is 0 Å². The van der Waals surface area contributed by atoms with E-state index in [1.54, 1.807) is 6.20 Å². The molecule has 0 spiro atoms. The molecule has 150 valence electrons. The number of aromatic nitrogens is 2. The van der Waals surface area contributed by atoms with Crippen LogP contribution in [0.1, 0.15) is 6.92 Å². The largest absolute Gasteiger partial charge is 0.493 e. The molecule has 3 heteroatoms. The summed E-state index contributed by atoms with van der Waals surface area (Å²) in [5.41, 5.74) is 6.20. The number of benzene rings is 3. The lowest BCUT2D eigenvalue weighted by Crippen LogP contribution is -1.94. The van der Waals surface area contributed by atoms with E-state index in [9.17, 15) is 0 Å². The Morgan fingerprint density at radius 3 is 2.00 bits per heavy atom. The highest BCUT2D eigenvalue weighted by Gasteiger charge is 2.09. The highest BCUT2D eigenvalue weighted by Crippen LogP contribution is 2.35. The van der Waals surface area contributed by atoms with Crippen molar-refractivity contribution in [3.05, 3.63) is 103 Å². The van der Waals surface area contributed by atoms with Crippen LogP contribution < -0.4 is 4.74 Å². The van der Waals surface area contributed by atoms with Gasteiger partial charge in [-0.3, -0.25) is 9.97 Å². The standard InChI is InChI=1S/C28H22N2O/c1-2-31-28-18-23-8-4-3-7-22(23)17-25(28)21-12-10-20(11-13-21)24-14-15-27(30-19-24)26-9-5-6-16-29-26/h3-19H,2H2,1H3. The molecule has 2 aromatic heterocycles. The number of fused-ring (bicyclic) bond motifs is 1. The molecule has 3 nitrogen and oxygen atoms in total. The molecule has 2 heterocycles. The Balaban J connectivity index is 1.47. The van der Waals surface area contributed by atoms with Crippen molar-refractivity contribution in [1.29, 1.82) is 0 Å². The summed E-state index contributed by atoms with van der Waals surface area (Å²) in [6, 6.07) is 31.2. The highest BCUT2D eigenvalue weighted by molar-refractivity contribution is 5.91. The Kier molecular flexibility index (Phi) is 5.16. The molecule has 0 radical (unpaired) electrons. The molecule has 0 aliphatic carbocycles. The normalized spacial score (nSPS) is 10.9. The first-order chi connectivity index (χ1) is 15.3. The molecule has 0 unspecified atom stereocenters. The number of ether oxygens (including phenoxy) is 1. The summed E-state index contributed by atoms with van der Waals surface area (Å²) in [6.07, 6.45) is 3.69. The van der Waals surface area contributed by atoms with E-state index in [0.29, 0.717) is 6.61 Å². The van der Waals surface area contributed by atoms with Gasteiger partial charge >= 0.3 is 0 Å². The number of nitrogens with zero attached hydrogens (tertiary/aromatic N) is 2. The Labute approximate surface area is 182 Å². The lowest BCUT2D eigenvalue weighted by molar-refractivity contribution is 0.342. The number of hydrogen-bond acceptors (Lipinski definition) is 3. The van der Waals surface area contributed by atoms with E-state index in [-0.39, 0.29) is 0 Å². The zero-order valence-electron chi connectivity index (χ0n) is 17.3. The average molecular weight is 402 g/mol. The van der Waals surface area contributed by atoms with Crippen LogP contribution in [0.5, 0.6) is 5.75 Å². The van der Waals surface area contributed by atoms with Gasteiger partial charge in [-0.2, -0.15) is 0 Å². The molecule has 0 saturated carbocycles. The molecule has 5 rings (SSSR count). The summed E-state index contributed by atoms with van der Waals surface area (Å²) in [4.78, 5) is 8.96. The van der Waals surface area contributed by atoms with Gasteiger partial charge in [0.15, 0.2) is 0 Å². The van der Waals surface area contributed by atoms with Gasteiger partial charge in [-0.25, -0.2) is 0 Å². The number of hydrogen-bond donors (Lipinski definition) is 0. The van der Waals surface area contributed by atoms with Crippen LogP contribution in [0.15, 0.2) is 103 Å². The van der Waals surface area contributed by atoms with Crippen molar-refractivity contribution < 1.29 is 4.74 Å². The summed E-state index contributed by atoms with van der Waals surface area (Å²) in [5, 5.41) is 2.39. The van der Waals surface area contributed by atoms with Gasteiger partial charge in [-0.1, -0.05) is 60.7 Å². The molecule has 3 aromatic carbocycles. The van der Waals surface area contributed by atoms with Crippen molar-refractivity contribution in [3.8, 4) is 39.4 Å². The van der Waals surface area contributed by atoms with E-state index in [2.05, 4.69) is 76.7 Å². The zero-order chi connectivity index (χ0) is 21.0. The molecule has 31 heavy (non-hydrogen) atoms. The minimum atomic E-state index is 0.637. The Hall–Kier alpha value is -3.98. The molecule has 0 saturated heterocycles. The highest BCUT2D eigenvalue weighted by atomic mass is 16.5. The molecular formula is C28H22N2O. The van der Waals surface area contributed by atoms with Gasteiger partial charge in [0.25, 0.3) is 0 Å². The van der Waals surface area contributed by atoms with Crippen molar-refractivity contribution in [2.45, 2.75) is 6.92 Å². The molecular weight excluding hydrogens is 380 g/mol. The first-order valence-corrected chi connectivity index (χ1v) is 10.5. The van der Waals surface area contributed by atoms with Crippen LogP contribution in [0.25, 0.3) is 44.4 Å². The molecule has 0 N–H and O–H groups in total. The third-order valence-corrected chi connectivity index (χ3v) is 5.37. The van der Waals surface area contributed by atoms with Crippen LogP contribution in [0, 0.1) is 0 Å². The van der Waals surface area contributed by atoms with Gasteiger partial charge in [-0.05, 0) is 59.2 Å². The summed E-state index contributed by atoms with van der Waals surface area (Å²) in [6.45, 7) is 2.65. The zero-order valence-corrected chi connectivity index (χ0v) is 17.3. The minimum absolute atomic E-state index is 0.637. The quantitative estimate of drug-likeness (QED) is 0.316. The van der Waals surface area contributed by atoms with Crippen molar-refractivity contribution in [1.82, 2.24) is 9.97 Å². The van der Waals surface area contributed by atoms with Crippen molar-refractivity contribution in [3.63, 3.8) is 0 Å². The van der Waals surface area contributed by atoms with Gasteiger partial charge < -0.3 is 4.74 Å². The van der Waals surface area contributed by atoms with E-state index in [1.807, 2.05) is 37.4 Å². The maximum Gasteiger partial charge on any atom is 0.127 e. The lowest BCUT2D eigenvalue weighted by atomic mass is 9.97. The monoisotopic (exact) mass is 402 g/mol. The Morgan fingerprint density at radius 1 is 0.645 bits per heavy atom. The fraction of sp³-hybridized carbons (Fsp3) is 0.0714. The predicted octanol–water partition coefficient (Wildman–Crippen LogP) is 7.03. The summed E-state index contributed by atoms with van der Waals surface area (Å²) < 4.78 is 5.95. The molecule has 0 aliphatic rings. The van der Waals surface area contributed by atoms with Gasteiger partial charge in [0.05, 0.1) is 18.0 Å². The smallest absolute Gasteiger partial charge is 0.127 e. The second kappa shape index (κ2) is 8.41. The first-order valence-electron chi connectivity index (χ1n) is 10.5. The van der Waals surface area contributed by atoms with Crippen molar-refractivity contribution in [2.75, 3.05) is 6.61 Å². The maximum atomic E-state index is 5.95. The summed E-state index contributed by atoms with van der Waals surface area (Å²) in [7, 11) is 0. The van der Waals surface area contributed by atoms with Gasteiger partial charge in [-0.15, -0.1) is 0 Å². The van der Waals surface area contributed by atoms with E-state index in [0.717, 1.165) is 39.4 Å². The maximum absolute atomic E-state index is 5.95. The van der Waals surface area contributed by atoms with E-state index in [1.165, 1.54) is 10.8 Å². The SMILES string of the molecule is CCOc1cc2ccccc2cc1-c1ccc(-c2ccc(-c3ccccn3)nc2)cc1. The number of rotatable bonds is 5. The molecule has 0 bridgehead atoms. The Morgan fingerprint density at radius 2 is 1.32 bits per heavy atom. The van der Waals surface area contributed by atoms with Crippen LogP contribution >= 0.6 is 0 Å². The lowest BCUT2D eigenvalue weighted by Gasteiger charge is -2.13. The number of pyridine rings is 2. The van der Waals surface area contributed by atoms with Crippen molar-refractivity contribution in [2.24, 2.45) is 0 Å². The van der Waals surface area contributed by atoms with Crippen molar-refractivity contribution >= 4 is 10.8 Å². The first kappa shape index (κ1) is 19.0. The van der Waals surface area contributed by atoms with E-state index >= 15 is 0 Å². The molecule has 0 fully saturated rings. The third kappa shape index (κ3) is 3.90. The molecule has 0 atom stereocenters. The fourth-order valence-corrected chi connectivity index (χ4v) is 3.79. The van der Waals surface area contributed by atoms with Crippen LogP contribution in [0.4, 0.5) is 0 Å². The van der Waals surface area contributed by atoms with E-state index in [4.69, 9.17) is 4.74 Å². The molecule has 5 aromatic rings.